The van der Waals surface area contributed by atoms with E-state index in [0.29, 0.717) is 23.1 Å². The first-order valence-corrected chi connectivity index (χ1v) is 21.3. The van der Waals surface area contributed by atoms with Gasteiger partial charge in [-0.2, -0.15) is 0 Å². The maximum Gasteiger partial charge on any atom is 0.178 e. The Morgan fingerprint density at radius 3 is 1.57 bits per heavy atom. The zero-order valence-electron chi connectivity index (χ0n) is 34.2. The van der Waals surface area contributed by atoms with Crippen LogP contribution >= 0.6 is 0 Å². The molecule has 0 saturated carbocycles. The highest BCUT2D eigenvalue weighted by Gasteiger charge is 2.48. The number of aromatic nitrogens is 2. The predicted octanol–water partition coefficient (Wildman–Crippen LogP) is 15.1. The number of rotatable bonds is 7. The molecule has 12 rings (SSSR count). The molecule has 0 radical (unpaired) electrons. The predicted molar refractivity (Wildman–Crippen MR) is 253 cm³/mol. The molecule has 9 aromatic carbocycles. The number of nitrogens with zero attached hydrogens (tertiary/aromatic N) is 2. The van der Waals surface area contributed by atoms with Crippen molar-refractivity contribution in [3.63, 3.8) is 0 Å². The van der Waals surface area contributed by atoms with Crippen molar-refractivity contribution in [2.24, 2.45) is 0 Å². The van der Waals surface area contributed by atoms with E-state index in [2.05, 4.69) is 194 Å². The first-order chi connectivity index (χ1) is 31.2. The van der Waals surface area contributed by atoms with Crippen LogP contribution in [0.25, 0.3) is 67.3 Å². The minimum atomic E-state index is -0.557. The van der Waals surface area contributed by atoms with Crippen LogP contribution in [0.4, 0.5) is 0 Å². The molecule has 63 heavy (non-hydrogen) atoms. The van der Waals surface area contributed by atoms with Crippen molar-refractivity contribution in [1.82, 2.24) is 9.97 Å². The van der Waals surface area contributed by atoms with Crippen molar-refractivity contribution in [2.75, 3.05) is 0 Å². The van der Waals surface area contributed by atoms with E-state index in [9.17, 15) is 0 Å². The average molecular weight is 807 g/mol. The average Bonchev–Trinajstić information content (AvgIpc) is 3.68. The molecule has 0 atom stereocenters. The minimum absolute atomic E-state index is 0.557. The van der Waals surface area contributed by atoms with E-state index in [1.807, 2.05) is 36.4 Å². The fraction of sp³-hybridized carbons (Fsp3) is 0.0169. The van der Waals surface area contributed by atoms with E-state index in [0.717, 1.165) is 72.8 Å². The van der Waals surface area contributed by atoms with Crippen LogP contribution in [0.3, 0.4) is 0 Å². The van der Waals surface area contributed by atoms with Crippen LogP contribution in [0.5, 0.6) is 23.0 Å². The summed E-state index contributed by atoms with van der Waals surface area (Å²) in [7, 11) is 0. The highest BCUT2D eigenvalue weighted by molar-refractivity contribution is 5.93. The van der Waals surface area contributed by atoms with Gasteiger partial charge in [0.15, 0.2) is 28.8 Å². The number of fused-ring (bicyclic) bond motifs is 6. The molecular weight excluding hydrogens is 769 g/mol. The van der Waals surface area contributed by atoms with Gasteiger partial charge in [0.05, 0.1) is 16.8 Å². The molecule has 4 nitrogen and oxygen atoms in total. The third-order valence-corrected chi connectivity index (χ3v) is 12.4. The highest BCUT2D eigenvalue weighted by atomic mass is 16.6. The number of benzene rings is 9. The molecule has 1 aliphatic heterocycles. The van der Waals surface area contributed by atoms with Gasteiger partial charge in [-0.15, -0.1) is 0 Å². The third-order valence-electron chi connectivity index (χ3n) is 12.4. The van der Waals surface area contributed by atoms with E-state index in [1.165, 1.54) is 16.7 Å². The molecule has 0 unspecified atom stereocenters. The van der Waals surface area contributed by atoms with Gasteiger partial charge >= 0.3 is 0 Å². The highest BCUT2D eigenvalue weighted by Crippen LogP contribution is 2.62. The Kier molecular flexibility index (Phi) is 8.68. The fourth-order valence-corrected chi connectivity index (χ4v) is 9.61. The molecule has 1 aliphatic carbocycles. The summed E-state index contributed by atoms with van der Waals surface area (Å²) < 4.78 is 14.0. The fourth-order valence-electron chi connectivity index (χ4n) is 9.61. The van der Waals surface area contributed by atoms with Crippen molar-refractivity contribution >= 4 is 0 Å². The molecule has 4 heteroatoms. The molecule has 0 spiro atoms. The summed E-state index contributed by atoms with van der Waals surface area (Å²) in [6.07, 6.45) is 0. The van der Waals surface area contributed by atoms with Gasteiger partial charge in [-0.3, -0.25) is 0 Å². The maximum absolute atomic E-state index is 7.22. The van der Waals surface area contributed by atoms with Crippen LogP contribution in [0.1, 0.15) is 22.3 Å². The Morgan fingerprint density at radius 1 is 0.317 bits per heavy atom. The molecule has 296 valence electrons. The Balaban J connectivity index is 0.982. The van der Waals surface area contributed by atoms with Crippen molar-refractivity contribution < 1.29 is 9.47 Å². The van der Waals surface area contributed by atoms with Crippen molar-refractivity contribution in [1.29, 1.82) is 0 Å². The number of ether oxygens (including phenoxy) is 2. The van der Waals surface area contributed by atoms with E-state index < -0.39 is 5.41 Å². The summed E-state index contributed by atoms with van der Waals surface area (Å²) >= 11 is 0. The number of hydrogen-bond acceptors (Lipinski definition) is 4. The SMILES string of the molecule is c1ccc(-c2cccc(-c3nc(-c4ccccc4)cc(-c4cccc(-c5cccc6c5Oc5c(ccc7c5-c5ccccc5C7(c5ccccc5)c5ccccc5)O6)c4)n3)c2)cc1. The molecule has 10 aromatic rings. The molecule has 0 fully saturated rings. The summed E-state index contributed by atoms with van der Waals surface area (Å²) in [5.74, 6) is 3.42. The van der Waals surface area contributed by atoms with Crippen LogP contribution in [0.2, 0.25) is 0 Å². The van der Waals surface area contributed by atoms with Gasteiger partial charge in [-0.25, -0.2) is 9.97 Å². The summed E-state index contributed by atoms with van der Waals surface area (Å²) in [6, 6.07) is 80.6. The second-order valence-corrected chi connectivity index (χ2v) is 16.0. The van der Waals surface area contributed by atoms with Gasteiger partial charge in [0, 0.05) is 27.8 Å². The molecule has 2 heterocycles. The van der Waals surface area contributed by atoms with Gasteiger partial charge in [0.25, 0.3) is 0 Å². The zero-order chi connectivity index (χ0) is 41.7. The molecular formula is C59H38N2O2. The Labute approximate surface area is 366 Å². The van der Waals surface area contributed by atoms with Crippen LogP contribution in [-0.2, 0) is 5.41 Å². The van der Waals surface area contributed by atoms with Gasteiger partial charge in [-0.05, 0) is 74.8 Å². The molecule has 0 bridgehead atoms. The quantitative estimate of drug-likeness (QED) is 0.161. The largest absolute Gasteiger partial charge is 0.449 e. The molecule has 2 aliphatic rings. The van der Waals surface area contributed by atoms with E-state index >= 15 is 0 Å². The Hall–Kier alpha value is -8.34. The van der Waals surface area contributed by atoms with Crippen LogP contribution in [-0.4, -0.2) is 9.97 Å². The van der Waals surface area contributed by atoms with Crippen molar-refractivity contribution in [2.45, 2.75) is 5.41 Å². The van der Waals surface area contributed by atoms with Crippen LogP contribution in [0, 0.1) is 0 Å². The zero-order valence-corrected chi connectivity index (χ0v) is 34.2. The smallest absolute Gasteiger partial charge is 0.178 e. The van der Waals surface area contributed by atoms with Gasteiger partial charge in [-0.1, -0.05) is 200 Å². The minimum Gasteiger partial charge on any atom is -0.449 e. The van der Waals surface area contributed by atoms with Gasteiger partial charge < -0.3 is 9.47 Å². The lowest BCUT2D eigenvalue weighted by Crippen LogP contribution is -2.28. The first kappa shape index (κ1) is 36.5. The summed E-state index contributed by atoms with van der Waals surface area (Å²) in [5, 5.41) is 0. The Morgan fingerprint density at radius 2 is 0.841 bits per heavy atom. The number of hydrogen-bond donors (Lipinski definition) is 0. The molecule has 0 saturated heterocycles. The van der Waals surface area contributed by atoms with Gasteiger partial charge in [0.2, 0.25) is 0 Å². The lowest BCUT2D eigenvalue weighted by Gasteiger charge is -2.34. The lowest BCUT2D eigenvalue weighted by atomic mass is 9.68. The third kappa shape index (κ3) is 6.07. The maximum atomic E-state index is 7.22. The van der Waals surface area contributed by atoms with E-state index in [-0.39, 0.29) is 0 Å². The second kappa shape index (κ2) is 15.0. The number of para-hydroxylation sites is 1. The molecule has 0 N–H and O–H groups in total. The summed E-state index contributed by atoms with van der Waals surface area (Å²) in [4.78, 5) is 10.4. The second-order valence-electron chi connectivity index (χ2n) is 16.0. The lowest BCUT2D eigenvalue weighted by molar-refractivity contribution is 0.361. The van der Waals surface area contributed by atoms with E-state index in [4.69, 9.17) is 19.4 Å². The Bertz CT molecular complexity index is 3290. The van der Waals surface area contributed by atoms with Crippen molar-refractivity contribution in [3.8, 4) is 90.3 Å². The topological polar surface area (TPSA) is 44.2 Å². The van der Waals surface area contributed by atoms with Gasteiger partial charge in [0.1, 0.15) is 0 Å². The monoisotopic (exact) mass is 806 g/mol. The summed E-state index contributed by atoms with van der Waals surface area (Å²) in [5.41, 5.74) is 15.2. The molecule has 0 amide bonds. The van der Waals surface area contributed by atoms with Crippen LogP contribution < -0.4 is 9.47 Å². The standard InChI is InChI=1S/C59H38N2O2/c1-5-18-39(19-6-1)41-22-15-25-44(36-41)58-60-51(40-20-7-2-8-21-40)38-52(61-58)43-24-16-23-42(37-43)47-31-17-33-53-56(47)63-57-54(62-53)35-34-50-55(57)48-30-13-14-32-49(48)59(50,45-26-9-3-10-27-45)46-28-11-4-12-29-46/h1-38H. The first-order valence-electron chi connectivity index (χ1n) is 21.3. The molecule has 1 aromatic heterocycles. The van der Waals surface area contributed by atoms with Crippen LogP contribution in [0.15, 0.2) is 231 Å². The normalized spacial score (nSPS) is 12.8. The van der Waals surface area contributed by atoms with Crippen molar-refractivity contribution in [3.05, 3.63) is 253 Å². The summed E-state index contributed by atoms with van der Waals surface area (Å²) in [6.45, 7) is 0. The van der Waals surface area contributed by atoms with E-state index in [1.54, 1.807) is 0 Å².